The molecule has 7 nitrogen and oxygen atoms in total. The van der Waals surface area contributed by atoms with Crippen molar-refractivity contribution < 1.29 is 19.0 Å². The van der Waals surface area contributed by atoms with Crippen LogP contribution < -0.4 is 19.5 Å². The van der Waals surface area contributed by atoms with Gasteiger partial charge in [-0.25, -0.2) is 0 Å². The molecule has 1 amide bonds. The van der Waals surface area contributed by atoms with Crippen LogP contribution in [0.25, 0.3) is 0 Å². The van der Waals surface area contributed by atoms with Crippen molar-refractivity contribution in [2.24, 2.45) is 0 Å². The molecular formula is C21H26ClN3O4. The fourth-order valence-electron chi connectivity index (χ4n) is 3.18. The number of carbonyl (C=O) groups is 1. The first kappa shape index (κ1) is 21.2. The van der Waals surface area contributed by atoms with Crippen molar-refractivity contribution in [3.05, 3.63) is 41.7 Å². The Morgan fingerprint density at radius 3 is 2.41 bits per heavy atom. The molecule has 8 heteroatoms. The second-order valence-corrected chi connectivity index (χ2v) is 7.97. The van der Waals surface area contributed by atoms with Gasteiger partial charge in [-0.3, -0.25) is 9.78 Å². The van der Waals surface area contributed by atoms with Crippen LogP contribution in [0.15, 0.2) is 36.7 Å². The molecule has 1 heterocycles. The number of hydrogen-bond acceptors (Lipinski definition) is 6. The molecule has 0 saturated heterocycles. The van der Waals surface area contributed by atoms with Gasteiger partial charge in [0, 0.05) is 11.1 Å². The molecule has 1 aliphatic carbocycles. The fourth-order valence-corrected chi connectivity index (χ4v) is 3.31. The molecule has 0 aliphatic heterocycles. The SMILES string of the molecule is COc1cncc(OC2CCC(NC(=O)C(C)(C)Oc3ccc(Cl)cc3)CC2)n1. The summed E-state index contributed by atoms with van der Waals surface area (Å²) in [6, 6.07) is 7.06. The van der Waals surface area contributed by atoms with Crippen molar-refractivity contribution in [3.8, 4) is 17.5 Å². The molecule has 0 unspecified atom stereocenters. The van der Waals surface area contributed by atoms with Gasteiger partial charge in [0.25, 0.3) is 5.91 Å². The Morgan fingerprint density at radius 1 is 1.10 bits per heavy atom. The lowest BCUT2D eigenvalue weighted by Gasteiger charge is -2.32. The van der Waals surface area contributed by atoms with E-state index >= 15 is 0 Å². The van der Waals surface area contributed by atoms with Crippen molar-refractivity contribution in [1.29, 1.82) is 0 Å². The van der Waals surface area contributed by atoms with Crippen molar-refractivity contribution in [3.63, 3.8) is 0 Å². The summed E-state index contributed by atoms with van der Waals surface area (Å²) in [6.07, 6.45) is 6.45. The third-order valence-electron chi connectivity index (χ3n) is 4.83. The number of nitrogens with one attached hydrogen (secondary N) is 1. The van der Waals surface area contributed by atoms with Crippen LogP contribution >= 0.6 is 11.6 Å². The number of benzene rings is 1. The maximum atomic E-state index is 12.7. The van der Waals surface area contributed by atoms with Gasteiger partial charge >= 0.3 is 0 Å². The molecule has 1 saturated carbocycles. The van der Waals surface area contributed by atoms with Gasteiger partial charge in [-0.1, -0.05) is 11.6 Å². The Bertz CT molecular complexity index is 821. The number of ether oxygens (including phenoxy) is 3. The smallest absolute Gasteiger partial charge is 0.263 e. The topological polar surface area (TPSA) is 82.6 Å². The van der Waals surface area contributed by atoms with Crippen molar-refractivity contribution in [2.45, 2.75) is 57.3 Å². The van der Waals surface area contributed by atoms with Gasteiger partial charge in [0.1, 0.15) is 11.9 Å². The molecule has 3 rings (SSSR count). The third kappa shape index (κ3) is 5.97. The first-order chi connectivity index (χ1) is 13.9. The minimum atomic E-state index is -0.989. The Balaban J connectivity index is 1.47. The van der Waals surface area contributed by atoms with Crippen molar-refractivity contribution >= 4 is 17.5 Å². The van der Waals surface area contributed by atoms with E-state index in [1.54, 1.807) is 51.4 Å². The molecule has 29 heavy (non-hydrogen) atoms. The number of nitrogens with zero attached hydrogens (tertiary/aromatic N) is 2. The van der Waals surface area contributed by atoms with Crippen molar-refractivity contribution in [1.82, 2.24) is 15.3 Å². The van der Waals surface area contributed by atoms with Crippen LogP contribution in [0.3, 0.4) is 0 Å². The molecule has 0 atom stereocenters. The maximum absolute atomic E-state index is 12.7. The normalized spacial score (nSPS) is 19.3. The molecular weight excluding hydrogens is 394 g/mol. The largest absolute Gasteiger partial charge is 0.480 e. The van der Waals surface area contributed by atoms with E-state index in [4.69, 9.17) is 25.8 Å². The van der Waals surface area contributed by atoms with Gasteiger partial charge in [-0.15, -0.1) is 0 Å². The highest BCUT2D eigenvalue weighted by Gasteiger charge is 2.33. The predicted octanol–water partition coefficient (Wildman–Crippen LogP) is 3.80. The second kappa shape index (κ2) is 9.31. The van der Waals surface area contributed by atoms with Crippen LogP contribution in [0, 0.1) is 0 Å². The maximum Gasteiger partial charge on any atom is 0.263 e. The fraction of sp³-hybridized carbons (Fsp3) is 0.476. The van der Waals surface area contributed by atoms with Gasteiger partial charge in [0.2, 0.25) is 11.8 Å². The zero-order valence-electron chi connectivity index (χ0n) is 16.9. The van der Waals surface area contributed by atoms with Crippen LogP contribution in [0.5, 0.6) is 17.5 Å². The van der Waals surface area contributed by atoms with Crippen LogP contribution in [-0.4, -0.2) is 40.7 Å². The monoisotopic (exact) mass is 419 g/mol. The molecule has 0 spiro atoms. The number of rotatable bonds is 7. The summed E-state index contributed by atoms with van der Waals surface area (Å²) in [6.45, 7) is 3.51. The van der Waals surface area contributed by atoms with Crippen LogP contribution in [0.2, 0.25) is 5.02 Å². The molecule has 0 bridgehead atoms. The van der Waals surface area contributed by atoms with Crippen LogP contribution in [0.4, 0.5) is 0 Å². The van der Waals surface area contributed by atoms with E-state index in [0.717, 1.165) is 25.7 Å². The van der Waals surface area contributed by atoms with Gasteiger partial charge in [-0.05, 0) is 63.8 Å². The second-order valence-electron chi connectivity index (χ2n) is 7.53. The number of hydrogen-bond donors (Lipinski definition) is 1. The lowest BCUT2D eigenvalue weighted by Crippen LogP contribution is -2.51. The Morgan fingerprint density at radius 2 is 1.76 bits per heavy atom. The molecule has 1 aromatic heterocycles. The van der Waals surface area contributed by atoms with E-state index < -0.39 is 5.60 Å². The average Bonchev–Trinajstić information content (AvgIpc) is 2.71. The molecule has 1 aliphatic rings. The predicted molar refractivity (Wildman–Crippen MR) is 110 cm³/mol. The van der Waals surface area contributed by atoms with Gasteiger partial charge in [0.05, 0.1) is 19.5 Å². The van der Waals surface area contributed by atoms with Gasteiger partial charge < -0.3 is 19.5 Å². The summed E-state index contributed by atoms with van der Waals surface area (Å²) in [5.74, 6) is 1.34. The standard InChI is InChI=1S/C21H26ClN3O4/c1-21(2,29-17-8-4-14(22)5-9-17)20(26)24-15-6-10-16(11-7-15)28-19-13-23-12-18(25-19)27-3/h4-5,8-9,12-13,15-16H,6-7,10-11H2,1-3H3,(H,24,26). The van der Waals surface area contributed by atoms with E-state index in [1.165, 1.54) is 6.20 Å². The summed E-state index contributed by atoms with van der Waals surface area (Å²) >= 11 is 5.89. The van der Waals surface area contributed by atoms with E-state index in [-0.39, 0.29) is 18.1 Å². The molecule has 1 aromatic carbocycles. The summed E-state index contributed by atoms with van der Waals surface area (Å²) in [7, 11) is 1.54. The Kier molecular flexibility index (Phi) is 6.79. The molecule has 0 radical (unpaired) electrons. The van der Waals surface area contributed by atoms with E-state index in [9.17, 15) is 4.79 Å². The zero-order valence-corrected chi connectivity index (χ0v) is 17.6. The molecule has 1 fully saturated rings. The van der Waals surface area contributed by atoms with Crippen molar-refractivity contribution in [2.75, 3.05) is 7.11 Å². The number of halogens is 1. The van der Waals surface area contributed by atoms with E-state index in [1.807, 2.05) is 0 Å². The minimum absolute atomic E-state index is 0.0443. The number of carbonyl (C=O) groups excluding carboxylic acids is 1. The highest BCUT2D eigenvalue weighted by Crippen LogP contribution is 2.25. The first-order valence-electron chi connectivity index (χ1n) is 9.64. The number of aromatic nitrogens is 2. The number of amides is 1. The quantitative estimate of drug-likeness (QED) is 0.734. The molecule has 156 valence electrons. The molecule has 2 aromatic rings. The first-order valence-corrected chi connectivity index (χ1v) is 10.0. The highest BCUT2D eigenvalue weighted by molar-refractivity contribution is 6.30. The van der Waals surface area contributed by atoms with Gasteiger partial charge in [0.15, 0.2) is 5.60 Å². The lowest BCUT2D eigenvalue weighted by atomic mass is 9.92. The minimum Gasteiger partial charge on any atom is -0.480 e. The van der Waals surface area contributed by atoms with E-state index in [0.29, 0.717) is 22.5 Å². The Hall–Kier alpha value is -2.54. The summed E-state index contributed by atoms with van der Waals surface area (Å²) in [4.78, 5) is 21.0. The van der Waals surface area contributed by atoms with Crippen LogP contribution in [0.1, 0.15) is 39.5 Å². The highest BCUT2D eigenvalue weighted by atomic mass is 35.5. The lowest BCUT2D eigenvalue weighted by molar-refractivity contribution is -0.135. The zero-order chi connectivity index (χ0) is 20.9. The van der Waals surface area contributed by atoms with Crippen LogP contribution in [-0.2, 0) is 4.79 Å². The number of methoxy groups -OCH3 is 1. The summed E-state index contributed by atoms with van der Waals surface area (Å²) < 4.78 is 16.8. The Labute approximate surface area is 175 Å². The summed E-state index contributed by atoms with van der Waals surface area (Å²) in [5, 5.41) is 3.72. The third-order valence-corrected chi connectivity index (χ3v) is 5.08. The van der Waals surface area contributed by atoms with Gasteiger partial charge in [-0.2, -0.15) is 4.98 Å². The summed E-state index contributed by atoms with van der Waals surface area (Å²) in [5.41, 5.74) is -0.989. The van der Waals surface area contributed by atoms with E-state index in [2.05, 4.69) is 15.3 Å². The average molecular weight is 420 g/mol. The molecule has 1 N–H and O–H groups in total.